The number of benzene rings is 2. The van der Waals surface area contributed by atoms with Crippen molar-refractivity contribution in [2.24, 2.45) is 0 Å². The summed E-state index contributed by atoms with van der Waals surface area (Å²) in [6.45, 7) is 13.8. The van der Waals surface area contributed by atoms with E-state index in [1.54, 1.807) is 0 Å². The lowest BCUT2D eigenvalue weighted by Gasteiger charge is -2.27. The number of hydrogen-bond donors (Lipinski definition) is 0. The topological polar surface area (TPSA) is 9.23 Å². The van der Waals surface area contributed by atoms with Crippen molar-refractivity contribution in [3.8, 4) is 5.75 Å². The number of hydrogen-bond acceptors (Lipinski definition) is 1. The fourth-order valence-corrected chi connectivity index (χ4v) is 2.67. The summed E-state index contributed by atoms with van der Waals surface area (Å²) in [7, 11) is 0. The molecule has 0 heterocycles. The van der Waals surface area contributed by atoms with Gasteiger partial charge < -0.3 is 4.74 Å². The SMILES string of the molecule is CC(C)(C)c1ccc(OCc2ccccc2Cl)c(C(C)(C)C)c1. The minimum Gasteiger partial charge on any atom is -0.489 e. The molecule has 0 aromatic heterocycles. The number of halogens is 1. The van der Waals surface area contributed by atoms with Crippen LogP contribution in [0.1, 0.15) is 58.2 Å². The average Bonchev–Trinajstić information content (AvgIpc) is 2.44. The molecular weight excluding hydrogens is 304 g/mol. The summed E-state index contributed by atoms with van der Waals surface area (Å²) in [4.78, 5) is 0. The molecule has 0 unspecified atom stereocenters. The van der Waals surface area contributed by atoms with Gasteiger partial charge in [0, 0.05) is 10.6 Å². The van der Waals surface area contributed by atoms with E-state index in [0.29, 0.717) is 6.61 Å². The molecule has 23 heavy (non-hydrogen) atoms. The van der Waals surface area contributed by atoms with Crippen LogP contribution in [0, 0.1) is 0 Å². The second-order valence-electron chi connectivity index (χ2n) is 8.09. The van der Waals surface area contributed by atoms with Gasteiger partial charge in [-0.1, -0.05) is 83.5 Å². The van der Waals surface area contributed by atoms with Crippen molar-refractivity contribution in [2.45, 2.75) is 59.0 Å². The van der Waals surface area contributed by atoms with E-state index in [4.69, 9.17) is 16.3 Å². The Balaban J connectivity index is 2.33. The third-order valence-corrected chi connectivity index (χ3v) is 4.36. The number of rotatable bonds is 3. The Morgan fingerprint density at radius 1 is 0.870 bits per heavy atom. The van der Waals surface area contributed by atoms with E-state index >= 15 is 0 Å². The molecule has 124 valence electrons. The first-order valence-electron chi connectivity index (χ1n) is 8.10. The van der Waals surface area contributed by atoms with E-state index in [-0.39, 0.29) is 10.8 Å². The van der Waals surface area contributed by atoms with Crippen molar-refractivity contribution in [3.63, 3.8) is 0 Å². The Morgan fingerprint density at radius 3 is 2.09 bits per heavy atom. The van der Waals surface area contributed by atoms with Gasteiger partial charge in [0.15, 0.2) is 0 Å². The highest BCUT2D eigenvalue weighted by atomic mass is 35.5. The maximum Gasteiger partial charge on any atom is 0.123 e. The first-order chi connectivity index (χ1) is 10.6. The largest absolute Gasteiger partial charge is 0.489 e. The van der Waals surface area contributed by atoms with Gasteiger partial charge in [0.1, 0.15) is 12.4 Å². The Morgan fingerprint density at radius 2 is 1.52 bits per heavy atom. The van der Waals surface area contributed by atoms with E-state index in [2.05, 4.69) is 59.7 Å². The highest BCUT2D eigenvalue weighted by molar-refractivity contribution is 6.31. The van der Waals surface area contributed by atoms with Crippen LogP contribution in [0.15, 0.2) is 42.5 Å². The van der Waals surface area contributed by atoms with Crippen LogP contribution in [0.5, 0.6) is 5.75 Å². The molecule has 0 atom stereocenters. The summed E-state index contributed by atoms with van der Waals surface area (Å²) in [6.07, 6.45) is 0. The molecule has 2 aromatic carbocycles. The summed E-state index contributed by atoms with van der Waals surface area (Å²) in [5, 5.41) is 0.746. The Hall–Kier alpha value is -1.47. The van der Waals surface area contributed by atoms with Crippen molar-refractivity contribution in [1.82, 2.24) is 0 Å². The van der Waals surface area contributed by atoms with Crippen LogP contribution in [0.4, 0.5) is 0 Å². The van der Waals surface area contributed by atoms with E-state index in [0.717, 1.165) is 16.3 Å². The fourth-order valence-electron chi connectivity index (χ4n) is 2.48. The molecule has 2 aromatic rings. The minimum atomic E-state index is 0.0249. The van der Waals surface area contributed by atoms with Crippen LogP contribution in [-0.2, 0) is 17.4 Å². The van der Waals surface area contributed by atoms with Crippen molar-refractivity contribution in [3.05, 3.63) is 64.2 Å². The van der Waals surface area contributed by atoms with E-state index < -0.39 is 0 Å². The third kappa shape index (κ3) is 4.51. The van der Waals surface area contributed by atoms with Crippen LogP contribution < -0.4 is 4.74 Å². The quantitative estimate of drug-likeness (QED) is 0.623. The maximum absolute atomic E-state index is 6.23. The van der Waals surface area contributed by atoms with Crippen molar-refractivity contribution in [2.75, 3.05) is 0 Å². The lowest BCUT2D eigenvalue weighted by molar-refractivity contribution is 0.297. The molecule has 0 aliphatic rings. The lowest BCUT2D eigenvalue weighted by Crippen LogP contribution is -2.17. The zero-order valence-electron chi connectivity index (χ0n) is 15.0. The van der Waals surface area contributed by atoms with Crippen LogP contribution in [0.3, 0.4) is 0 Å². The van der Waals surface area contributed by atoms with Crippen molar-refractivity contribution in [1.29, 1.82) is 0 Å². The second-order valence-corrected chi connectivity index (χ2v) is 8.50. The summed E-state index contributed by atoms with van der Waals surface area (Å²) >= 11 is 6.23. The Bertz CT molecular complexity index is 675. The van der Waals surface area contributed by atoms with E-state index in [1.807, 2.05) is 24.3 Å². The van der Waals surface area contributed by atoms with Gasteiger partial charge in [-0.2, -0.15) is 0 Å². The number of ether oxygens (including phenoxy) is 1. The molecule has 1 nitrogen and oxygen atoms in total. The average molecular weight is 331 g/mol. The molecule has 0 N–H and O–H groups in total. The molecule has 0 aliphatic carbocycles. The molecule has 0 fully saturated rings. The van der Waals surface area contributed by atoms with Crippen LogP contribution in [0.25, 0.3) is 0 Å². The summed E-state index contributed by atoms with van der Waals surface area (Å²) < 4.78 is 6.11. The predicted octanol–water partition coefficient (Wildman–Crippen LogP) is 6.51. The minimum absolute atomic E-state index is 0.0249. The zero-order chi connectivity index (χ0) is 17.3. The van der Waals surface area contributed by atoms with Crippen LogP contribution in [-0.4, -0.2) is 0 Å². The molecule has 0 amide bonds. The second kappa shape index (κ2) is 6.57. The van der Waals surface area contributed by atoms with Gasteiger partial charge in [0.05, 0.1) is 0 Å². The van der Waals surface area contributed by atoms with Crippen molar-refractivity contribution < 1.29 is 4.74 Å². The van der Waals surface area contributed by atoms with Gasteiger partial charge in [0.25, 0.3) is 0 Å². The fraction of sp³-hybridized carbons (Fsp3) is 0.429. The van der Waals surface area contributed by atoms with Gasteiger partial charge in [-0.25, -0.2) is 0 Å². The Kier molecular flexibility index (Phi) is 5.10. The molecule has 2 rings (SSSR count). The molecular formula is C21H27ClO. The van der Waals surface area contributed by atoms with Gasteiger partial charge >= 0.3 is 0 Å². The molecule has 0 saturated heterocycles. The zero-order valence-corrected chi connectivity index (χ0v) is 15.8. The summed E-state index contributed by atoms with van der Waals surface area (Å²) in [5.41, 5.74) is 3.72. The lowest BCUT2D eigenvalue weighted by atomic mass is 9.80. The van der Waals surface area contributed by atoms with Gasteiger partial charge in [0.2, 0.25) is 0 Å². The van der Waals surface area contributed by atoms with E-state index in [9.17, 15) is 0 Å². The highest BCUT2D eigenvalue weighted by Gasteiger charge is 2.23. The predicted molar refractivity (Wildman–Crippen MR) is 99.6 cm³/mol. The third-order valence-electron chi connectivity index (χ3n) is 3.99. The Labute approximate surface area is 145 Å². The first kappa shape index (κ1) is 17.9. The molecule has 0 saturated carbocycles. The van der Waals surface area contributed by atoms with E-state index in [1.165, 1.54) is 11.1 Å². The van der Waals surface area contributed by atoms with Crippen LogP contribution >= 0.6 is 11.6 Å². The standard InChI is InChI=1S/C21H27ClO/c1-20(2,3)16-11-12-19(17(13-16)21(4,5)6)23-14-15-9-7-8-10-18(15)22/h7-13H,14H2,1-6H3. The van der Waals surface area contributed by atoms with Gasteiger partial charge in [-0.3, -0.25) is 0 Å². The molecule has 0 aliphatic heterocycles. The monoisotopic (exact) mass is 330 g/mol. The van der Waals surface area contributed by atoms with Gasteiger partial charge in [-0.15, -0.1) is 0 Å². The summed E-state index contributed by atoms with van der Waals surface area (Å²) in [6, 6.07) is 14.4. The first-order valence-corrected chi connectivity index (χ1v) is 8.48. The smallest absolute Gasteiger partial charge is 0.123 e. The normalized spacial score (nSPS) is 12.3. The van der Waals surface area contributed by atoms with Gasteiger partial charge in [-0.05, 0) is 34.1 Å². The highest BCUT2D eigenvalue weighted by Crippen LogP contribution is 2.36. The summed E-state index contributed by atoms with van der Waals surface area (Å²) in [5.74, 6) is 0.936. The molecule has 0 radical (unpaired) electrons. The van der Waals surface area contributed by atoms with Crippen LogP contribution in [0.2, 0.25) is 5.02 Å². The molecule has 2 heteroatoms. The molecule has 0 spiro atoms. The maximum atomic E-state index is 6.23. The van der Waals surface area contributed by atoms with Crippen molar-refractivity contribution >= 4 is 11.6 Å². The molecule has 0 bridgehead atoms.